The van der Waals surface area contributed by atoms with Gasteiger partial charge in [0.1, 0.15) is 11.5 Å². The molecule has 198 valence electrons. The minimum atomic E-state index is -0.410. The summed E-state index contributed by atoms with van der Waals surface area (Å²) >= 11 is 0. The molecule has 4 heterocycles. The zero-order chi connectivity index (χ0) is 26.1. The van der Waals surface area contributed by atoms with Gasteiger partial charge in [0.05, 0.1) is 29.7 Å². The number of carbonyl (C=O) groups is 1. The van der Waals surface area contributed by atoms with Crippen LogP contribution < -0.4 is 10.6 Å². The Hall–Kier alpha value is -3.17. The molecule has 1 aliphatic heterocycles. The van der Waals surface area contributed by atoms with Crippen molar-refractivity contribution < 1.29 is 4.79 Å². The number of aryl methyl sites for hydroxylation is 1. The van der Waals surface area contributed by atoms with E-state index < -0.39 is 6.03 Å². The lowest BCUT2D eigenvalue weighted by atomic mass is 9.91. The van der Waals surface area contributed by atoms with E-state index in [1.807, 2.05) is 26.1 Å². The molecule has 2 aliphatic rings. The second-order valence-electron chi connectivity index (χ2n) is 10.8. The third-order valence-corrected chi connectivity index (χ3v) is 7.95. The predicted octanol–water partition coefficient (Wildman–Crippen LogP) is 3.28. The summed E-state index contributed by atoms with van der Waals surface area (Å²) in [6, 6.07) is 10.4. The van der Waals surface area contributed by atoms with Crippen molar-refractivity contribution >= 4 is 17.5 Å². The topological polar surface area (TPSA) is 86.2 Å². The van der Waals surface area contributed by atoms with Crippen molar-refractivity contribution in [1.29, 1.82) is 0 Å². The van der Waals surface area contributed by atoms with Crippen LogP contribution >= 0.6 is 0 Å². The zero-order valence-electron chi connectivity index (χ0n) is 22.6. The lowest BCUT2D eigenvalue weighted by Crippen LogP contribution is -2.45. The monoisotopic (exact) mass is 504 g/mol. The van der Waals surface area contributed by atoms with Gasteiger partial charge in [-0.25, -0.2) is 9.78 Å². The number of aromatic nitrogens is 3. The molecule has 0 radical (unpaired) electrons. The van der Waals surface area contributed by atoms with Crippen molar-refractivity contribution in [3.63, 3.8) is 0 Å². The normalized spacial score (nSPS) is 18.5. The molecule has 0 bridgehead atoms. The molecule has 2 amide bonds. The number of imidazole rings is 1. The van der Waals surface area contributed by atoms with Crippen molar-refractivity contribution in [2.24, 2.45) is 5.73 Å². The largest absolute Gasteiger partial charge is 0.355 e. The molecule has 1 aliphatic carbocycles. The number of fused-ring (bicyclic) bond motifs is 2. The van der Waals surface area contributed by atoms with E-state index in [9.17, 15) is 4.79 Å². The molecule has 0 unspecified atom stereocenters. The molecule has 9 nitrogen and oxygen atoms in total. The third-order valence-electron chi connectivity index (χ3n) is 7.95. The highest BCUT2D eigenvalue weighted by Gasteiger charge is 2.28. The van der Waals surface area contributed by atoms with Crippen molar-refractivity contribution in [1.82, 2.24) is 29.1 Å². The second kappa shape index (κ2) is 10.7. The Bertz CT molecular complexity index is 1250. The Balaban J connectivity index is 1.55. The van der Waals surface area contributed by atoms with Gasteiger partial charge in [-0.05, 0) is 71.0 Å². The van der Waals surface area contributed by atoms with Gasteiger partial charge in [0.2, 0.25) is 0 Å². The summed E-state index contributed by atoms with van der Waals surface area (Å²) in [5, 5.41) is 0. The molecule has 3 aromatic heterocycles. The average Bonchev–Trinajstić information content (AvgIpc) is 3.23. The molecule has 1 atom stereocenters. The standard InChI is InChI=1S/C28H40N8O/c1-20(2)35(28(29)37)19-24-22(18-33(4)23-10-5-8-21-9-7-13-30-27(21)23)31-25-11-6-12-26(36(24)25)34-16-14-32(3)15-17-34/h6-7,9,11-13,20,23H,5,8,10,14-19H2,1-4H3,(H2,29,37)/t23-/m0/s1. The van der Waals surface area contributed by atoms with E-state index in [1.54, 1.807) is 4.90 Å². The van der Waals surface area contributed by atoms with Crippen LogP contribution in [-0.4, -0.2) is 81.4 Å². The number of anilines is 1. The smallest absolute Gasteiger partial charge is 0.315 e. The first-order valence-electron chi connectivity index (χ1n) is 13.5. The van der Waals surface area contributed by atoms with Crippen LogP contribution in [-0.2, 0) is 19.5 Å². The van der Waals surface area contributed by atoms with E-state index in [4.69, 9.17) is 15.7 Å². The van der Waals surface area contributed by atoms with Gasteiger partial charge in [-0.2, -0.15) is 0 Å². The molecule has 1 saturated heterocycles. The molecule has 5 rings (SSSR count). The van der Waals surface area contributed by atoms with E-state index in [0.29, 0.717) is 13.1 Å². The molecular weight excluding hydrogens is 464 g/mol. The number of hydrogen-bond acceptors (Lipinski definition) is 6. The number of likely N-dealkylation sites (N-methyl/N-ethyl adjacent to an activating group) is 1. The molecule has 1 fully saturated rings. The molecule has 2 N–H and O–H groups in total. The number of amides is 2. The van der Waals surface area contributed by atoms with Crippen LogP contribution in [0.2, 0.25) is 0 Å². The van der Waals surface area contributed by atoms with Crippen LogP contribution in [0.4, 0.5) is 10.6 Å². The summed E-state index contributed by atoms with van der Waals surface area (Å²) in [6.45, 7) is 9.05. The number of primary amides is 1. The first-order valence-corrected chi connectivity index (χ1v) is 13.5. The zero-order valence-corrected chi connectivity index (χ0v) is 22.6. The SMILES string of the molecule is CC(C)N(Cc1c(CN(C)[C@H]2CCCc3cccnc32)nc2cccc(N3CCN(C)CC3)n12)C(N)=O. The predicted molar refractivity (Wildman–Crippen MR) is 147 cm³/mol. The van der Waals surface area contributed by atoms with E-state index in [2.05, 4.69) is 57.5 Å². The lowest BCUT2D eigenvalue weighted by Gasteiger charge is -2.35. The molecule has 37 heavy (non-hydrogen) atoms. The van der Waals surface area contributed by atoms with E-state index in [-0.39, 0.29) is 12.1 Å². The highest BCUT2D eigenvalue weighted by atomic mass is 16.2. The Morgan fingerprint density at radius 2 is 1.92 bits per heavy atom. The second-order valence-corrected chi connectivity index (χ2v) is 10.8. The van der Waals surface area contributed by atoms with Gasteiger partial charge in [0, 0.05) is 45.0 Å². The summed E-state index contributed by atoms with van der Waals surface area (Å²) in [5.41, 5.74) is 11.3. The summed E-state index contributed by atoms with van der Waals surface area (Å²) in [7, 11) is 4.33. The summed E-state index contributed by atoms with van der Waals surface area (Å²) < 4.78 is 2.25. The summed E-state index contributed by atoms with van der Waals surface area (Å²) in [4.78, 5) is 31.2. The number of urea groups is 1. The summed E-state index contributed by atoms with van der Waals surface area (Å²) in [6.07, 6.45) is 5.22. The van der Waals surface area contributed by atoms with Crippen molar-refractivity contribution in [3.8, 4) is 0 Å². The van der Waals surface area contributed by atoms with Gasteiger partial charge >= 0.3 is 6.03 Å². The molecule has 0 spiro atoms. The van der Waals surface area contributed by atoms with Crippen molar-refractivity contribution in [3.05, 3.63) is 59.2 Å². The maximum absolute atomic E-state index is 12.4. The Kier molecular flexibility index (Phi) is 7.35. The van der Waals surface area contributed by atoms with Gasteiger partial charge in [-0.15, -0.1) is 0 Å². The van der Waals surface area contributed by atoms with E-state index in [1.165, 1.54) is 11.3 Å². The fourth-order valence-corrected chi connectivity index (χ4v) is 5.79. The minimum absolute atomic E-state index is 0.0150. The van der Waals surface area contributed by atoms with E-state index in [0.717, 1.165) is 68.3 Å². The first kappa shape index (κ1) is 25.5. The van der Waals surface area contributed by atoms with Crippen molar-refractivity contribution in [2.75, 3.05) is 45.2 Å². The average molecular weight is 505 g/mol. The number of pyridine rings is 2. The van der Waals surface area contributed by atoms with Gasteiger partial charge in [-0.1, -0.05) is 12.1 Å². The van der Waals surface area contributed by atoms with Crippen LogP contribution in [0.1, 0.15) is 55.4 Å². The van der Waals surface area contributed by atoms with Gasteiger partial charge in [0.15, 0.2) is 0 Å². The number of hydrogen-bond donors (Lipinski definition) is 1. The van der Waals surface area contributed by atoms with E-state index >= 15 is 0 Å². The minimum Gasteiger partial charge on any atom is -0.355 e. The summed E-state index contributed by atoms with van der Waals surface area (Å²) in [5.74, 6) is 1.12. The van der Waals surface area contributed by atoms with Crippen LogP contribution in [0.5, 0.6) is 0 Å². The van der Waals surface area contributed by atoms with Crippen LogP contribution in [0.15, 0.2) is 36.5 Å². The number of piperazine rings is 1. The molecule has 9 heteroatoms. The van der Waals surface area contributed by atoms with Crippen LogP contribution in [0, 0.1) is 0 Å². The molecule has 0 saturated carbocycles. The fraction of sp³-hybridized carbons (Fsp3) is 0.536. The third kappa shape index (κ3) is 5.15. The molecular formula is C28H40N8O. The van der Waals surface area contributed by atoms with Gasteiger partial charge in [0.25, 0.3) is 0 Å². The number of nitrogens with zero attached hydrogens (tertiary/aromatic N) is 7. The molecule has 3 aromatic rings. The van der Waals surface area contributed by atoms with Crippen LogP contribution in [0.3, 0.4) is 0 Å². The van der Waals surface area contributed by atoms with Gasteiger partial charge in [-0.3, -0.25) is 14.3 Å². The fourth-order valence-electron chi connectivity index (χ4n) is 5.79. The van der Waals surface area contributed by atoms with Gasteiger partial charge < -0.3 is 20.4 Å². The Morgan fingerprint density at radius 3 is 2.65 bits per heavy atom. The number of nitrogens with two attached hydrogens (primary N) is 1. The highest BCUT2D eigenvalue weighted by Crippen LogP contribution is 2.33. The lowest BCUT2D eigenvalue weighted by molar-refractivity contribution is 0.186. The Labute approximate surface area is 219 Å². The van der Waals surface area contributed by atoms with Crippen LogP contribution in [0.25, 0.3) is 5.65 Å². The maximum atomic E-state index is 12.4. The molecule has 0 aromatic carbocycles. The number of carbonyl (C=O) groups excluding carboxylic acids is 1. The maximum Gasteiger partial charge on any atom is 0.315 e. The Morgan fingerprint density at radius 1 is 1.14 bits per heavy atom. The highest BCUT2D eigenvalue weighted by molar-refractivity contribution is 5.72. The first-order chi connectivity index (χ1) is 17.8. The van der Waals surface area contributed by atoms with Crippen molar-refractivity contribution in [2.45, 2.75) is 58.3 Å². The number of rotatable bonds is 7. The quantitative estimate of drug-likeness (QED) is 0.532.